The van der Waals surface area contributed by atoms with E-state index in [9.17, 15) is 15.3 Å². The molecule has 1 aliphatic heterocycles. The van der Waals surface area contributed by atoms with E-state index in [4.69, 9.17) is 9.47 Å². The largest absolute Gasteiger partial charge is 0.387 e. The first-order chi connectivity index (χ1) is 14.1. The maximum atomic E-state index is 10.2. The van der Waals surface area contributed by atoms with Crippen LogP contribution in [0.15, 0.2) is 91.0 Å². The lowest BCUT2D eigenvalue weighted by Gasteiger charge is -2.37. The molecule has 0 bridgehead atoms. The highest BCUT2D eigenvalue weighted by Gasteiger charge is 2.44. The second kappa shape index (κ2) is 8.45. The first-order valence-electron chi connectivity index (χ1n) is 9.63. The van der Waals surface area contributed by atoms with Crippen molar-refractivity contribution in [2.45, 2.75) is 30.2 Å². The van der Waals surface area contributed by atoms with Gasteiger partial charge in [0.15, 0.2) is 6.29 Å². The first-order valence-corrected chi connectivity index (χ1v) is 9.63. The molecule has 4 atom stereocenters. The van der Waals surface area contributed by atoms with Gasteiger partial charge in [-0.2, -0.15) is 0 Å². The highest BCUT2D eigenvalue weighted by atomic mass is 16.7. The van der Waals surface area contributed by atoms with Crippen LogP contribution in [0.1, 0.15) is 16.7 Å². The molecule has 0 unspecified atom stereocenters. The van der Waals surface area contributed by atoms with Crippen molar-refractivity contribution < 1.29 is 24.8 Å². The summed E-state index contributed by atoms with van der Waals surface area (Å²) in [5.74, 6) is 0. The number of ether oxygens (including phenoxy) is 2. The SMILES string of the molecule is O[C@H]1[C@H](O)[C@@H](COC(c2ccccc2)(c2ccccc2)c2ccccc2)O[C@@H]1O. The third-order valence-electron chi connectivity index (χ3n) is 5.34. The fourth-order valence-corrected chi connectivity index (χ4v) is 3.84. The third kappa shape index (κ3) is 3.71. The lowest BCUT2D eigenvalue weighted by molar-refractivity contribution is -0.145. The predicted molar refractivity (Wildman–Crippen MR) is 108 cm³/mol. The average molecular weight is 392 g/mol. The molecular formula is C24H24O5. The molecule has 0 aliphatic carbocycles. The van der Waals surface area contributed by atoms with Crippen LogP contribution in [0, 0.1) is 0 Å². The van der Waals surface area contributed by atoms with Gasteiger partial charge in [0.25, 0.3) is 0 Å². The molecule has 3 N–H and O–H groups in total. The van der Waals surface area contributed by atoms with Crippen molar-refractivity contribution in [2.75, 3.05) is 6.61 Å². The Labute approximate surface area is 169 Å². The van der Waals surface area contributed by atoms with Crippen molar-refractivity contribution in [2.24, 2.45) is 0 Å². The van der Waals surface area contributed by atoms with Gasteiger partial charge in [0.05, 0.1) is 6.61 Å². The lowest BCUT2D eigenvalue weighted by Crippen LogP contribution is -2.39. The zero-order chi connectivity index (χ0) is 20.3. The molecule has 5 nitrogen and oxygen atoms in total. The Balaban J connectivity index is 1.80. The molecule has 0 saturated carbocycles. The minimum atomic E-state index is -1.43. The summed E-state index contributed by atoms with van der Waals surface area (Å²) < 4.78 is 11.9. The average Bonchev–Trinajstić information content (AvgIpc) is 3.03. The van der Waals surface area contributed by atoms with Gasteiger partial charge in [0, 0.05) is 0 Å². The van der Waals surface area contributed by atoms with Crippen molar-refractivity contribution >= 4 is 0 Å². The van der Waals surface area contributed by atoms with E-state index in [0.29, 0.717) is 0 Å². The van der Waals surface area contributed by atoms with Crippen molar-refractivity contribution in [3.63, 3.8) is 0 Å². The fraction of sp³-hybridized carbons (Fsp3) is 0.250. The smallest absolute Gasteiger partial charge is 0.184 e. The monoisotopic (exact) mass is 392 g/mol. The summed E-state index contributed by atoms with van der Waals surface area (Å²) in [6.45, 7) is -0.0199. The zero-order valence-corrected chi connectivity index (χ0v) is 15.8. The summed E-state index contributed by atoms with van der Waals surface area (Å²) in [6.07, 6.45) is -4.87. The van der Waals surface area contributed by atoms with Crippen LogP contribution in [0.25, 0.3) is 0 Å². The predicted octanol–water partition coefficient (Wildman–Crippen LogP) is 2.43. The molecule has 0 aromatic heterocycles. The van der Waals surface area contributed by atoms with Gasteiger partial charge >= 0.3 is 0 Å². The van der Waals surface area contributed by atoms with Gasteiger partial charge in [0.1, 0.15) is 23.9 Å². The normalized spacial score (nSPS) is 24.5. The topological polar surface area (TPSA) is 79.2 Å². The molecule has 29 heavy (non-hydrogen) atoms. The minimum Gasteiger partial charge on any atom is -0.387 e. The van der Waals surface area contributed by atoms with Crippen molar-refractivity contribution in [3.8, 4) is 0 Å². The molecule has 4 rings (SSSR count). The van der Waals surface area contributed by atoms with E-state index < -0.39 is 30.2 Å². The Morgan fingerprint density at radius 2 is 1.07 bits per heavy atom. The number of aliphatic hydroxyl groups excluding tert-OH is 3. The number of hydrogen-bond donors (Lipinski definition) is 3. The Kier molecular flexibility index (Phi) is 5.76. The molecule has 3 aromatic rings. The van der Waals surface area contributed by atoms with E-state index in [1.807, 2.05) is 91.0 Å². The quantitative estimate of drug-likeness (QED) is 0.562. The van der Waals surface area contributed by atoms with Gasteiger partial charge in [-0.15, -0.1) is 0 Å². The van der Waals surface area contributed by atoms with E-state index in [2.05, 4.69) is 0 Å². The summed E-state index contributed by atoms with van der Waals surface area (Å²) in [4.78, 5) is 0. The van der Waals surface area contributed by atoms with E-state index in [1.165, 1.54) is 0 Å². The van der Waals surface area contributed by atoms with Crippen LogP contribution in [-0.2, 0) is 15.1 Å². The van der Waals surface area contributed by atoms with Crippen LogP contribution in [0.2, 0.25) is 0 Å². The van der Waals surface area contributed by atoms with Gasteiger partial charge in [-0.1, -0.05) is 91.0 Å². The summed E-state index contributed by atoms with van der Waals surface area (Å²) in [7, 11) is 0. The Morgan fingerprint density at radius 1 is 0.655 bits per heavy atom. The molecule has 1 saturated heterocycles. The molecule has 1 fully saturated rings. The van der Waals surface area contributed by atoms with Crippen LogP contribution in [0.4, 0.5) is 0 Å². The van der Waals surface area contributed by atoms with Crippen molar-refractivity contribution in [1.29, 1.82) is 0 Å². The van der Waals surface area contributed by atoms with Crippen molar-refractivity contribution in [1.82, 2.24) is 0 Å². The van der Waals surface area contributed by atoms with E-state index in [1.54, 1.807) is 0 Å². The van der Waals surface area contributed by atoms with Gasteiger partial charge in [-0.05, 0) is 16.7 Å². The highest BCUT2D eigenvalue weighted by molar-refractivity contribution is 5.47. The molecule has 150 valence electrons. The molecule has 1 aliphatic rings. The van der Waals surface area contributed by atoms with Crippen molar-refractivity contribution in [3.05, 3.63) is 108 Å². The second-order valence-corrected chi connectivity index (χ2v) is 7.14. The summed E-state index contributed by atoms with van der Waals surface area (Å²) in [6, 6.07) is 29.5. The summed E-state index contributed by atoms with van der Waals surface area (Å²) in [5.41, 5.74) is 1.81. The standard InChI is InChI=1S/C24H24O5/c25-21-20(29-23(27)22(21)26)16-28-24(17-10-4-1-5-11-17,18-12-6-2-7-13-18)19-14-8-3-9-15-19/h1-15,20-23,25-27H,16H2/t20-,21-,22+,23+/m1/s1. The van der Waals surface area contributed by atoms with Crippen LogP contribution >= 0.6 is 0 Å². The number of aliphatic hydroxyl groups is 3. The lowest BCUT2D eigenvalue weighted by atomic mass is 9.80. The van der Waals surface area contributed by atoms with E-state index in [-0.39, 0.29) is 6.61 Å². The third-order valence-corrected chi connectivity index (χ3v) is 5.34. The minimum absolute atomic E-state index is 0.0199. The Bertz CT molecular complexity index is 804. The molecule has 1 heterocycles. The van der Waals surface area contributed by atoms with Gasteiger partial charge < -0.3 is 24.8 Å². The summed E-state index contributed by atoms with van der Waals surface area (Å²) >= 11 is 0. The first kappa shape index (κ1) is 19.8. The van der Waals surface area contributed by atoms with Crippen LogP contribution < -0.4 is 0 Å². The molecular weight excluding hydrogens is 368 g/mol. The fourth-order valence-electron chi connectivity index (χ4n) is 3.84. The molecule has 0 spiro atoms. The van der Waals surface area contributed by atoms with Gasteiger partial charge in [-0.3, -0.25) is 0 Å². The summed E-state index contributed by atoms with van der Waals surface area (Å²) in [5, 5.41) is 29.8. The molecule has 5 heteroatoms. The van der Waals surface area contributed by atoms with E-state index in [0.717, 1.165) is 16.7 Å². The Morgan fingerprint density at radius 3 is 1.41 bits per heavy atom. The number of hydrogen-bond acceptors (Lipinski definition) is 5. The van der Waals surface area contributed by atoms with Gasteiger partial charge in [-0.25, -0.2) is 0 Å². The maximum absolute atomic E-state index is 10.2. The number of rotatable bonds is 6. The maximum Gasteiger partial charge on any atom is 0.184 e. The molecule has 0 radical (unpaired) electrons. The van der Waals surface area contributed by atoms with E-state index >= 15 is 0 Å². The van der Waals surface area contributed by atoms with Crippen LogP contribution in [0.5, 0.6) is 0 Å². The molecule has 0 amide bonds. The second-order valence-electron chi connectivity index (χ2n) is 7.14. The van der Waals surface area contributed by atoms with Crippen LogP contribution in [0.3, 0.4) is 0 Å². The number of benzene rings is 3. The van der Waals surface area contributed by atoms with Crippen LogP contribution in [-0.4, -0.2) is 46.5 Å². The molecule has 3 aromatic carbocycles. The highest BCUT2D eigenvalue weighted by Crippen LogP contribution is 2.41. The van der Waals surface area contributed by atoms with Gasteiger partial charge in [0.2, 0.25) is 0 Å². The zero-order valence-electron chi connectivity index (χ0n) is 15.8. The Hall–Kier alpha value is -2.54.